The molecule has 1 saturated carbocycles. The van der Waals surface area contributed by atoms with Gasteiger partial charge in [0.2, 0.25) is 0 Å². The molecule has 0 amide bonds. The van der Waals surface area contributed by atoms with Crippen LogP contribution >= 0.6 is 0 Å². The lowest BCUT2D eigenvalue weighted by Crippen LogP contribution is -2.56. The van der Waals surface area contributed by atoms with Crippen molar-refractivity contribution in [2.45, 2.75) is 37.8 Å². The van der Waals surface area contributed by atoms with Crippen molar-refractivity contribution in [1.29, 1.82) is 0 Å². The molecule has 0 aromatic rings. The normalized spacial score (nSPS) is 47.5. The SMILES string of the molecule is C1CC2CCCC23NCCN3C1. The first kappa shape index (κ1) is 7.34. The summed E-state index contributed by atoms with van der Waals surface area (Å²) >= 11 is 0. The van der Waals surface area contributed by atoms with Crippen molar-refractivity contribution in [2.75, 3.05) is 19.6 Å². The van der Waals surface area contributed by atoms with Gasteiger partial charge in [-0.25, -0.2) is 0 Å². The Morgan fingerprint density at radius 1 is 1.17 bits per heavy atom. The molecular formula is C10H18N2. The maximum absolute atomic E-state index is 3.76. The van der Waals surface area contributed by atoms with Crippen molar-refractivity contribution in [3.05, 3.63) is 0 Å². The zero-order valence-corrected chi connectivity index (χ0v) is 7.68. The first-order valence-corrected chi connectivity index (χ1v) is 5.42. The molecule has 3 rings (SSSR count). The summed E-state index contributed by atoms with van der Waals surface area (Å²) < 4.78 is 0. The number of hydrogen-bond donors (Lipinski definition) is 1. The van der Waals surface area contributed by atoms with Gasteiger partial charge in [0.25, 0.3) is 0 Å². The van der Waals surface area contributed by atoms with E-state index in [0.29, 0.717) is 5.66 Å². The summed E-state index contributed by atoms with van der Waals surface area (Å²) in [5, 5.41) is 3.76. The van der Waals surface area contributed by atoms with Crippen LogP contribution in [-0.4, -0.2) is 30.2 Å². The van der Waals surface area contributed by atoms with E-state index in [9.17, 15) is 0 Å². The lowest BCUT2D eigenvalue weighted by atomic mass is 9.87. The van der Waals surface area contributed by atoms with E-state index in [4.69, 9.17) is 0 Å². The lowest BCUT2D eigenvalue weighted by molar-refractivity contribution is 0.0366. The Morgan fingerprint density at radius 3 is 3.08 bits per heavy atom. The molecule has 1 N–H and O–H groups in total. The van der Waals surface area contributed by atoms with Gasteiger partial charge < -0.3 is 0 Å². The van der Waals surface area contributed by atoms with E-state index in [1.807, 2.05) is 0 Å². The molecule has 2 atom stereocenters. The highest BCUT2D eigenvalue weighted by atomic mass is 15.4. The van der Waals surface area contributed by atoms with Crippen LogP contribution in [0.2, 0.25) is 0 Å². The van der Waals surface area contributed by atoms with E-state index in [2.05, 4.69) is 10.2 Å². The molecule has 0 aromatic carbocycles. The first-order valence-electron chi connectivity index (χ1n) is 5.42. The Hall–Kier alpha value is -0.0800. The molecule has 2 nitrogen and oxygen atoms in total. The van der Waals surface area contributed by atoms with E-state index in [1.165, 1.54) is 51.7 Å². The Bertz CT molecular complexity index is 170. The van der Waals surface area contributed by atoms with Crippen molar-refractivity contribution in [2.24, 2.45) is 5.92 Å². The maximum Gasteiger partial charge on any atom is 0.0742 e. The van der Waals surface area contributed by atoms with Crippen molar-refractivity contribution in [3.8, 4) is 0 Å². The molecule has 3 aliphatic rings. The molecule has 2 heterocycles. The number of nitrogens with zero attached hydrogens (tertiary/aromatic N) is 1. The predicted octanol–water partition coefficient (Wildman–Crippen LogP) is 1.18. The summed E-state index contributed by atoms with van der Waals surface area (Å²) in [6, 6.07) is 0. The molecule has 0 aromatic heterocycles. The van der Waals surface area contributed by atoms with Crippen molar-refractivity contribution in [1.82, 2.24) is 10.2 Å². The third kappa shape index (κ3) is 0.775. The third-order valence-electron chi connectivity index (χ3n) is 4.14. The van der Waals surface area contributed by atoms with Crippen molar-refractivity contribution < 1.29 is 0 Å². The second kappa shape index (κ2) is 2.46. The summed E-state index contributed by atoms with van der Waals surface area (Å²) in [6.45, 7) is 3.89. The molecule has 2 aliphatic heterocycles. The first-order chi connectivity index (χ1) is 5.92. The van der Waals surface area contributed by atoms with Crippen molar-refractivity contribution in [3.63, 3.8) is 0 Å². The van der Waals surface area contributed by atoms with Gasteiger partial charge in [-0.1, -0.05) is 0 Å². The average Bonchev–Trinajstić information content (AvgIpc) is 2.63. The highest BCUT2D eigenvalue weighted by molar-refractivity contribution is 5.04. The Balaban J connectivity index is 1.93. The van der Waals surface area contributed by atoms with Gasteiger partial charge in [0.1, 0.15) is 0 Å². The summed E-state index contributed by atoms with van der Waals surface area (Å²) in [7, 11) is 0. The van der Waals surface area contributed by atoms with E-state index < -0.39 is 0 Å². The van der Waals surface area contributed by atoms with Crippen LogP contribution in [0.3, 0.4) is 0 Å². The topological polar surface area (TPSA) is 15.3 Å². The van der Waals surface area contributed by atoms with Crippen LogP contribution in [0.15, 0.2) is 0 Å². The Labute approximate surface area is 74.3 Å². The second-order valence-corrected chi connectivity index (χ2v) is 4.57. The molecule has 0 radical (unpaired) electrons. The van der Waals surface area contributed by atoms with Crippen LogP contribution in [0.1, 0.15) is 32.1 Å². The molecular weight excluding hydrogens is 148 g/mol. The van der Waals surface area contributed by atoms with Gasteiger partial charge in [-0.2, -0.15) is 0 Å². The zero-order valence-electron chi connectivity index (χ0n) is 7.68. The fraction of sp³-hybridized carbons (Fsp3) is 1.00. The fourth-order valence-corrected chi connectivity index (χ4v) is 3.65. The standard InChI is InChI=1S/C10H18N2/c1-3-9-4-2-7-12-8-6-11-10(9,12)5-1/h9,11H,1-8H2. The van der Waals surface area contributed by atoms with Crippen LogP contribution in [0.4, 0.5) is 0 Å². The van der Waals surface area contributed by atoms with E-state index in [0.717, 1.165) is 5.92 Å². The van der Waals surface area contributed by atoms with Crippen LogP contribution in [-0.2, 0) is 0 Å². The van der Waals surface area contributed by atoms with Gasteiger partial charge in [-0.05, 0) is 44.6 Å². The summed E-state index contributed by atoms with van der Waals surface area (Å²) in [5.74, 6) is 0.980. The average molecular weight is 166 g/mol. The number of hydrogen-bond acceptors (Lipinski definition) is 2. The molecule has 12 heavy (non-hydrogen) atoms. The van der Waals surface area contributed by atoms with Crippen LogP contribution in [0.5, 0.6) is 0 Å². The van der Waals surface area contributed by atoms with E-state index in [1.54, 1.807) is 0 Å². The predicted molar refractivity (Wildman–Crippen MR) is 48.9 cm³/mol. The Morgan fingerprint density at radius 2 is 2.08 bits per heavy atom. The van der Waals surface area contributed by atoms with Gasteiger partial charge in [-0.15, -0.1) is 0 Å². The van der Waals surface area contributed by atoms with Gasteiger partial charge in [-0.3, -0.25) is 10.2 Å². The molecule has 68 valence electrons. The van der Waals surface area contributed by atoms with Gasteiger partial charge in [0, 0.05) is 13.1 Å². The molecule has 2 unspecified atom stereocenters. The highest BCUT2D eigenvalue weighted by Gasteiger charge is 2.50. The monoisotopic (exact) mass is 166 g/mol. The largest absolute Gasteiger partial charge is 0.298 e. The molecule has 3 fully saturated rings. The molecule has 2 heteroatoms. The Kier molecular flexibility index (Phi) is 1.50. The van der Waals surface area contributed by atoms with Gasteiger partial charge in [0.05, 0.1) is 5.66 Å². The second-order valence-electron chi connectivity index (χ2n) is 4.57. The van der Waals surface area contributed by atoms with Gasteiger partial charge >= 0.3 is 0 Å². The molecule has 0 bridgehead atoms. The number of piperidine rings is 1. The molecule has 1 aliphatic carbocycles. The van der Waals surface area contributed by atoms with Crippen LogP contribution < -0.4 is 5.32 Å². The van der Waals surface area contributed by atoms with Crippen LogP contribution in [0.25, 0.3) is 0 Å². The summed E-state index contributed by atoms with van der Waals surface area (Å²) in [5.41, 5.74) is 0.484. The number of rotatable bonds is 0. The van der Waals surface area contributed by atoms with E-state index >= 15 is 0 Å². The number of nitrogens with one attached hydrogen (secondary N) is 1. The van der Waals surface area contributed by atoms with Gasteiger partial charge in [0.15, 0.2) is 0 Å². The molecule has 2 saturated heterocycles. The minimum absolute atomic E-state index is 0.484. The maximum atomic E-state index is 3.76. The van der Waals surface area contributed by atoms with Crippen molar-refractivity contribution >= 4 is 0 Å². The zero-order chi connectivity index (χ0) is 8.02. The highest BCUT2D eigenvalue weighted by Crippen LogP contribution is 2.45. The minimum atomic E-state index is 0.484. The van der Waals surface area contributed by atoms with Crippen LogP contribution in [0, 0.1) is 5.92 Å². The minimum Gasteiger partial charge on any atom is -0.298 e. The third-order valence-corrected chi connectivity index (χ3v) is 4.14. The lowest BCUT2D eigenvalue weighted by Gasteiger charge is -2.44. The smallest absolute Gasteiger partial charge is 0.0742 e. The molecule has 1 spiro atoms. The van der Waals surface area contributed by atoms with E-state index in [-0.39, 0.29) is 0 Å². The summed E-state index contributed by atoms with van der Waals surface area (Å²) in [4.78, 5) is 2.72. The summed E-state index contributed by atoms with van der Waals surface area (Å²) in [6.07, 6.45) is 7.26. The quantitative estimate of drug-likeness (QED) is 0.581. The fourth-order valence-electron chi connectivity index (χ4n) is 3.65.